The van der Waals surface area contributed by atoms with Crippen molar-refractivity contribution < 1.29 is 19.1 Å². The topological polar surface area (TPSA) is 79.9 Å². The number of carbonyl (C=O) groups is 2. The van der Waals surface area contributed by atoms with E-state index in [9.17, 15) is 9.59 Å². The molecule has 0 aromatic heterocycles. The summed E-state index contributed by atoms with van der Waals surface area (Å²) in [5.74, 6) is 0.871. The van der Waals surface area contributed by atoms with Crippen LogP contribution in [0.5, 0.6) is 11.5 Å². The highest BCUT2D eigenvalue weighted by molar-refractivity contribution is 5.95. The fourth-order valence-corrected chi connectivity index (χ4v) is 3.65. The van der Waals surface area contributed by atoms with Crippen molar-refractivity contribution in [3.05, 3.63) is 23.8 Å². The zero-order chi connectivity index (χ0) is 19.8. The predicted octanol–water partition coefficient (Wildman–Crippen LogP) is 2.38. The summed E-state index contributed by atoms with van der Waals surface area (Å²) in [6.07, 6.45) is 5.15. The van der Waals surface area contributed by atoms with Gasteiger partial charge in [-0.3, -0.25) is 9.59 Å². The zero-order valence-electron chi connectivity index (χ0n) is 17.1. The van der Waals surface area contributed by atoms with Gasteiger partial charge in [0.2, 0.25) is 0 Å². The number of amides is 2. The maximum atomic E-state index is 12.6. The molecule has 7 nitrogen and oxygen atoms in total. The van der Waals surface area contributed by atoms with Crippen LogP contribution >= 0.6 is 12.4 Å². The fraction of sp³-hybridized carbons (Fsp3) is 0.619. The lowest BCUT2D eigenvalue weighted by molar-refractivity contribution is -0.134. The Balaban J connectivity index is 0.00000300. The lowest BCUT2D eigenvalue weighted by atomic mass is 10.1. The summed E-state index contributed by atoms with van der Waals surface area (Å²) in [6.45, 7) is 5.77. The van der Waals surface area contributed by atoms with Gasteiger partial charge in [-0.1, -0.05) is 0 Å². The lowest BCUT2D eigenvalue weighted by Crippen LogP contribution is -2.42. The van der Waals surface area contributed by atoms with Gasteiger partial charge >= 0.3 is 0 Å². The molecule has 1 aromatic carbocycles. The van der Waals surface area contributed by atoms with Crippen LogP contribution in [-0.4, -0.2) is 62.1 Å². The van der Waals surface area contributed by atoms with Crippen LogP contribution < -0.4 is 20.1 Å². The first-order valence-electron chi connectivity index (χ1n) is 10.4. The highest BCUT2D eigenvalue weighted by Crippen LogP contribution is 2.29. The van der Waals surface area contributed by atoms with Gasteiger partial charge in [0.1, 0.15) is 0 Å². The van der Waals surface area contributed by atoms with Crippen molar-refractivity contribution in [2.24, 2.45) is 0 Å². The molecule has 0 saturated carbocycles. The minimum absolute atomic E-state index is 0. The van der Waals surface area contributed by atoms with Crippen LogP contribution in [0.3, 0.4) is 0 Å². The molecule has 2 fully saturated rings. The molecule has 3 rings (SSSR count). The first-order valence-corrected chi connectivity index (χ1v) is 10.4. The van der Waals surface area contributed by atoms with Crippen molar-refractivity contribution in [2.75, 3.05) is 39.4 Å². The largest absolute Gasteiger partial charge is 0.490 e. The van der Waals surface area contributed by atoms with Gasteiger partial charge in [0.05, 0.1) is 6.61 Å². The van der Waals surface area contributed by atoms with Crippen LogP contribution in [0.1, 0.15) is 49.4 Å². The Kier molecular flexibility index (Phi) is 9.54. The standard InChI is InChI=1S/C21H31N3O4.ClH/c1-2-27-19-14-16(21(26)23-17-8-10-22-11-9-17)6-7-18(19)28-15-20(25)24-12-4-3-5-13-24;/h6-7,14,17,22H,2-5,8-13,15H2,1H3,(H,23,26);1H. The average Bonchev–Trinajstić information content (AvgIpc) is 2.74. The summed E-state index contributed by atoms with van der Waals surface area (Å²) in [7, 11) is 0. The molecular weight excluding hydrogens is 394 g/mol. The molecule has 2 saturated heterocycles. The Morgan fingerprint density at radius 3 is 2.52 bits per heavy atom. The van der Waals surface area contributed by atoms with Crippen LogP contribution in [0.15, 0.2) is 18.2 Å². The second-order valence-electron chi connectivity index (χ2n) is 7.32. The number of piperidine rings is 2. The van der Waals surface area contributed by atoms with E-state index in [4.69, 9.17) is 9.47 Å². The van der Waals surface area contributed by atoms with Crippen molar-refractivity contribution in [1.29, 1.82) is 0 Å². The van der Waals surface area contributed by atoms with Gasteiger partial charge < -0.3 is 25.0 Å². The molecule has 1 aromatic rings. The second kappa shape index (κ2) is 11.9. The SMILES string of the molecule is CCOc1cc(C(=O)NC2CCNCC2)ccc1OCC(=O)N1CCCCC1.Cl. The maximum absolute atomic E-state index is 12.6. The number of benzene rings is 1. The molecular formula is C21H32ClN3O4. The Morgan fingerprint density at radius 1 is 1.10 bits per heavy atom. The summed E-state index contributed by atoms with van der Waals surface area (Å²) in [5, 5.41) is 6.37. The van der Waals surface area contributed by atoms with Crippen LogP contribution in [-0.2, 0) is 4.79 Å². The van der Waals surface area contributed by atoms with Crippen LogP contribution in [0.2, 0.25) is 0 Å². The molecule has 2 N–H and O–H groups in total. The van der Waals surface area contributed by atoms with Gasteiger partial charge in [-0.2, -0.15) is 0 Å². The van der Waals surface area contributed by atoms with E-state index in [-0.39, 0.29) is 36.9 Å². The average molecular weight is 426 g/mol. The van der Waals surface area contributed by atoms with E-state index in [1.807, 2.05) is 11.8 Å². The van der Waals surface area contributed by atoms with Crippen molar-refractivity contribution in [3.8, 4) is 11.5 Å². The van der Waals surface area contributed by atoms with Gasteiger partial charge in [0, 0.05) is 24.7 Å². The monoisotopic (exact) mass is 425 g/mol. The summed E-state index contributed by atoms with van der Waals surface area (Å²) in [5.41, 5.74) is 0.539. The molecule has 162 valence electrons. The smallest absolute Gasteiger partial charge is 0.260 e. The molecule has 2 aliphatic rings. The number of halogens is 1. The predicted molar refractivity (Wildman–Crippen MR) is 114 cm³/mol. The minimum atomic E-state index is -0.108. The molecule has 0 atom stereocenters. The molecule has 0 radical (unpaired) electrons. The third-order valence-corrected chi connectivity index (χ3v) is 5.24. The number of rotatable bonds is 7. The fourth-order valence-electron chi connectivity index (χ4n) is 3.65. The first-order chi connectivity index (χ1) is 13.7. The number of hydrogen-bond donors (Lipinski definition) is 2. The van der Waals surface area contributed by atoms with Gasteiger partial charge in [-0.25, -0.2) is 0 Å². The lowest BCUT2D eigenvalue weighted by Gasteiger charge is -2.26. The van der Waals surface area contributed by atoms with E-state index in [1.165, 1.54) is 6.42 Å². The number of likely N-dealkylation sites (tertiary alicyclic amines) is 1. The van der Waals surface area contributed by atoms with E-state index in [1.54, 1.807) is 18.2 Å². The second-order valence-corrected chi connectivity index (χ2v) is 7.32. The molecule has 0 spiro atoms. The van der Waals surface area contributed by atoms with Gasteiger partial charge in [0.25, 0.3) is 11.8 Å². The van der Waals surface area contributed by atoms with E-state index >= 15 is 0 Å². The molecule has 0 unspecified atom stereocenters. The summed E-state index contributed by atoms with van der Waals surface area (Å²) in [6, 6.07) is 5.33. The zero-order valence-corrected chi connectivity index (χ0v) is 17.9. The van der Waals surface area contributed by atoms with Crippen molar-refractivity contribution in [3.63, 3.8) is 0 Å². The molecule has 2 heterocycles. The summed E-state index contributed by atoms with van der Waals surface area (Å²) < 4.78 is 11.4. The van der Waals surface area contributed by atoms with Crippen molar-refractivity contribution >= 4 is 24.2 Å². The van der Waals surface area contributed by atoms with Crippen LogP contribution in [0.4, 0.5) is 0 Å². The Bertz CT molecular complexity index is 674. The molecule has 2 amide bonds. The molecule has 8 heteroatoms. The quantitative estimate of drug-likeness (QED) is 0.701. The number of hydrogen-bond acceptors (Lipinski definition) is 5. The van der Waals surface area contributed by atoms with Crippen molar-refractivity contribution in [2.45, 2.75) is 45.1 Å². The van der Waals surface area contributed by atoms with Crippen molar-refractivity contribution in [1.82, 2.24) is 15.5 Å². The van der Waals surface area contributed by atoms with E-state index < -0.39 is 0 Å². The number of carbonyl (C=O) groups excluding carboxylic acids is 2. The van der Waals surface area contributed by atoms with Gasteiger partial charge in [-0.15, -0.1) is 12.4 Å². The third-order valence-electron chi connectivity index (χ3n) is 5.24. The van der Waals surface area contributed by atoms with E-state index in [2.05, 4.69) is 10.6 Å². The van der Waals surface area contributed by atoms with Crippen LogP contribution in [0, 0.1) is 0 Å². The summed E-state index contributed by atoms with van der Waals surface area (Å²) in [4.78, 5) is 26.7. The normalized spacial score (nSPS) is 17.2. The number of ether oxygens (including phenoxy) is 2. The number of nitrogens with one attached hydrogen (secondary N) is 2. The molecule has 2 aliphatic heterocycles. The highest BCUT2D eigenvalue weighted by atomic mass is 35.5. The molecule has 0 bridgehead atoms. The maximum Gasteiger partial charge on any atom is 0.260 e. The molecule has 29 heavy (non-hydrogen) atoms. The summed E-state index contributed by atoms with van der Waals surface area (Å²) >= 11 is 0. The van der Waals surface area contributed by atoms with Gasteiger partial charge in [0.15, 0.2) is 18.1 Å². The number of nitrogens with zero attached hydrogens (tertiary/aromatic N) is 1. The molecule has 0 aliphatic carbocycles. The minimum Gasteiger partial charge on any atom is -0.490 e. The van der Waals surface area contributed by atoms with E-state index in [0.717, 1.165) is 51.9 Å². The van der Waals surface area contributed by atoms with Gasteiger partial charge in [-0.05, 0) is 70.3 Å². The highest BCUT2D eigenvalue weighted by Gasteiger charge is 2.20. The Labute approximate surface area is 178 Å². The van der Waals surface area contributed by atoms with E-state index in [0.29, 0.717) is 23.7 Å². The first kappa shape index (κ1) is 23.3. The Morgan fingerprint density at radius 2 is 1.83 bits per heavy atom. The van der Waals surface area contributed by atoms with Crippen LogP contribution in [0.25, 0.3) is 0 Å². The Hall–Kier alpha value is -1.99. The third kappa shape index (κ3) is 6.78.